The lowest BCUT2D eigenvalue weighted by Crippen LogP contribution is -2.42. The Kier molecular flexibility index (Phi) is 7.26. The summed E-state index contributed by atoms with van der Waals surface area (Å²) < 4.78 is 9.48. The fourth-order valence-electron chi connectivity index (χ4n) is 4.65. The summed E-state index contributed by atoms with van der Waals surface area (Å²) >= 11 is 0. The van der Waals surface area contributed by atoms with E-state index in [1.165, 1.54) is 0 Å². The lowest BCUT2D eigenvalue weighted by molar-refractivity contribution is 0.0185. The summed E-state index contributed by atoms with van der Waals surface area (Å²) in [4.78, 5) is 23.4. The lowest BCUT2D eigenvalue weighted by atomic mass is 10.1. The summed E-state index contributed by atoms with van der Waals surface area (Å²) in [5, 5.41) is 9.05. The van der Waals surface area contributed by atoms with Gasteiger partial charge in [-0.25, -0.2) is 14.8 Å². The second kappa shape index (κ2) is 10.8. The lowest BCUT2D eigenvalue weighted by Gasteiger charge is -2.33. The summed E-state index contributed by atoms with van der Waals surface area (Å²) in [6.45, 7) is 10.0. The van der Waals surface area contributed by atoms with E-state index in [4.69, 9.17) is 4.74 Å². The van der Waals surface area contributed by atoms with Gasteiger partial charge in [-0.05, 0) is 51.7 Å². The van der Waals surface area contributed by atoms with Crippen molar-refractivity contribution in [1.29, 1.82) is 0 Å². The number of piperidine rings is 1. The Hall–Kier alpha value is -4.01. The molecule has 0 atom stereocenters. The summed E-state index contributed by atoms with van der Waals surface area (Å²) in [5.74, 6) is 0.679. The maximum atomic E-state index is 12.4. The molecule has 1 aromatic carbocycles. The molecule has 9 nitrogen and oxygen atoms in total. The highest BCUT2D eigenvalue weighted by molar-refractivity contribution is 5.70. The predicted molar refractivity (Wildman–Crippen MR) is 146 cm³/mol. The van der Waals surface area contributed by atoms with E-state index < -0.39 is 5.60 Å². The van der Waals surface area contributed by atoms with Gasteiger partial charge in [-0.3, -0.25) is 9.36 Å². The normalized spacial score (nSPS) is 14.6. The predicted octanol–water partition coefficient (Wildman–Crippen LogP) is 5.85. The Morgan fingerprint density at radius 3 is 2.32 bits per heavy atom. The number of aromatic nitrogens is 6. The zero-order valence-electron chi connectivity index (χ0n) is 22.5. The first kappa shape index (κ1) is 25.6. The van der Waals surface area contributed by atoms with Crippen molar-refractivity contribution in [2.45, 2.75) is 65.1 Å². The van der Waals surface area contributed by atoms with Gasteiger partial charge in [0, 0.05) is 66.7 Å². The SMILES string of the molecule is CCCn1cc(-c2cccc(-c3ncc(-c4cnn(C5CCN(C(=O)OC(C)(C)C)CC5)c4)cn3)c2)cn1. The van der Waals surface area contributed by atoms with Crippen molar-refractivity contribution in [1.82, 2.24) is 34.4 Å². The van der Waals surface area contributed by atoms with Crippen LogP contribution in [0.1, 0.15) is 53.0 Å². The fraction of sp³-hybridized carbons (Fsp3) is 0.414. The molecule has 0 bridgehead atoms. The molecule has 1 aliphatic heterocycles. The van der Waals surface area contributed by atoms with Gasteiger partial charge in [0.1, 0.15) is 5.60 Å². The van der Waals surface area contributed by atoms with E-state index in [0.717, 1.165) is 53.6 Å². The molecule has 198 valence electrons. The number of hydrogen-bond acceptors (Lipinski definition) is 6. The molecular weight excluding hydrogens is 478 g/mol. The minimum Gasteiger partial charge on any atom is -0.444 e. The van der Waals surface area contributed by atoms with Crippen LogP contribution in [-0.4, -0.2) is 59.2 Å². The third-order valence-electron chi connectivity index (χ3n) is 6.62. The number of carbonyl (C=O) groups is 1. The largest absolute Gasteiger partial charge is 0.444 e. The minimum atomic E-state index is -0.482. The van der Waals surface area contributed by atoms with Gasteiger partial charge in [-0.2, -0.15) is 10.2 Å². The molecule has 3 aromatic heterocycles. The summed E-state index contributed by atoms with van der Waals surface area (Å²) in [6, 6.07) is 8.47. The Bertz CT molecular complexity index is 1380. The molecule has 5 rings (SSSR count). The molecule has 0 N–H and O–H groups in total. The monoisotopic (exact) mass is 513 g/mol. The van der Waals surface area contributed by atoms with E-state index in [1.54, 1.807) is 4.90 Å². The maximum Gasteiger partial charge on any atom is 0.410 e. The van der Waals surface area contributed by atoms with Gasteiger partial charge in [-0.1, -0.05) is 25.1 Å². The van der Waals surface area contributed by atoms with Crippen LogP contribution in [0.2, 0.25) is 0 Å². The van der Waals surface area contributed by atoms with Crippen LogP contribution in [0.15, 0.2) is 61.4 Å². The summed E-state index contributed by atoms with van der Waals surface area (Å²) in [7, 11) is 0. The van der Waals surface area contributed by atoms with E-state index in [0.29, 0.717) is 18.9 Å². The molecule has 1 fully saturated rings. The number of rotatable bonds is 6. The standard InChI is InChI=1S/C29H35N7O2/c1-5-11-35-19-24(17-32-35)21-7-6-8-22(14-21)27-30-15-23(16-31-27)25-18-33-36(20-25)26-9-12-34(13-10-26)28(37)38-29(2,3)4/h6-8,14-20,26H,5,9-13H2,1-4H3. The molecular formula is C29H35N7O2. The summed E-state index contributed by atoms with van der Waals surface area (Å²) in [5.41, 5.74) is 4.55. The average molecular weight is 514 g/mol. The van der Waals surface area contributed by atoms with Crippen molar-refractivity contribution < 1.29 is 9.53 Å². The van der Waals surface area contributed by atoms with E-state index in [1.807, 2.05) is 73.3 Å². The molecule has 0 spiro atoms. The highest BCUT2D eigenvalue weighted by Crippen LogP contribution is 2.28. The van der Waals surface area contributed by atoms with Crippen LogP contribution in [0, 0.1) is 0 Å². The van der Waals surface area contributed by atoms with Gasteiger partial charge >= 0.3 is 6.09 Å². The van der Waals surface area contributed by atoms with Crippen molar-refractivity contribution in [3.8, 4) is 33.6 Å². The first-order chi connectivity index (χ1) is 18.3. The topological polar surface area (TPSA) is 91.0 Å². The smallest absolute Gasteiger partial charge is 0.410 e. The Labute approximate surface area is 223 Å². The molecule has 0 unspecified atom stereocenters. The number of benzene rings is 1. The zero-order chi connectivity index (χ0) is 26.7. The van der Waals surface area contributed by atoms with E-state index in [-0.39, 0.29) is 12.1 Å². The summed E-state index contributed by atoms with van der Waals surface area (Å²) in [6.07, 6.45) is 14.0. The molecule has 1 aliphatic rings. The van der Waals surface area contributed by atoms with E-state index >= 15 is 0 Å². The molecule has 4 aromatic rings. The van der Waals surface area contributed by atoms with Crippen molar-refractivity contribution >= 4 is 6.09 Å². The molecule has 38 heavy (non-hydrogen) atoms. The second-order valence-electron chi connectivity index (χ2n) is 10.8. The average Bonchev–Trinajstić information content (AvgIpc) is 3.59. The van der Waals surface area contributed by atoms with Crippen LogP contribution >= 0.6 is 0 Å². The Morgan fingerprint density at radius 2 is 1.61 bits per heavy atom. The highest BCUT2D eigenvalue weighted by atomic mass is 16.6. The van der Waals surface area contributed by atoms with Gasteiger partial charge in [0.2, 0.25) is 0 Å². The van der Waals surface area contributed by atoms with Gasteiger partial charge in [-0.15, -0.1) is 0 Å². The third kappa shape index (κ3) is 5.93. The highest BCUT2D eigenvalue weighted by Gasteiger charge is 2.28. The molecule has 0 radical (unpaired) electrons. The Balaban J connectivity index is 1.23. The second-order valence-corrected chi connectivity index (χ2v) is 10.8. The van der Waals surface area contributed by atoms with Crippen LogP contribution in [0.5, 0.6) is 0 Å². The molecule has 9 heteroatoms. The first-order valence-electron chi connectivity index (χ1n) is 13.3. The van der Waals surface area contributed by atoms with E-state index in [2.05, 4.69) is 45.4 Å². The van der Waals surface area contributed by atoms with Crippen LogP contribution in [0.3, 0.4) is 0 Å². The molecule has 0 saturated carbocycles. The van der Waals surface area contributed by atoms with Crippen molar-refractivity contribution in [2.24, 2.45) is 0 Å². The Morgan fingerprint density at radius 1 is 0.921 bits per heavy atom. The number of carbonyl (C=O) groups excluding carboxylic acids is 1. The van der Waals surface area contributed by atoms with Crippen molar-refractivity contribution in [2.75, 3.05) is 13.1 Å². The number of amides is 1. The molecule has 0 aliphatic carbocycles. The fourth-order valence-corrected chi connectivity index (χ4v) is 4.65. The quantitative estimate of drug-likeness (QED) is 0.321. The van der Waals surface area contributed by atoms with Crippen LogP contribution in [0.25, 0.3) is 33.6 Å². The van der Waals surface area contributed by atoms with Gasteiger partial charge in [0.25, 0.3) is 0 Å². The molecule has 1 amide bonds. The number of likely N-dealkylation sites (tertiary alicyclic amines) is 1. The zero-order valence-corrected chi connectivity index (χ0v) is 22.5. The molecule has 1 saturated heterocycles. The van der Waals surface area contributed by atoms with Crippen LogP contribution < -0.4 is 0 Å². The van der Waals surface area contributed by atoms with Crippen LogP contribution in [0.4, 0.5) is 4.79 Å². The number of aryl methyl sites for hydroxylation is 1. The van der Waals surface area contributed by atoms with Gasteiger partial charge < -0.3 is 9.64 Å². The van der Waals surface area contributed by atoms with Gasteiger partial charge in [0.05, 0.1) is 18.4 Å². The number of nitrogens with zero attached hydrogens (tertiary/aromatic N) is 7. The first-order valence-corrected chi connectivity index (χ1v) is 13.3. The van der Waals surface area contributed by atoms with Gasteiger partial charge in [0.15, 0.2) is 5.82 Å². The third-order valence-corrected chi connectivity index (χ3v) is 6.62. The minimum absolute atomic E-state index is 0.243. The van der Waals surface area contributed by atoms with Crippen molar-refractivity contribution in [3.63, 3.8) is 0 Å². The maximum absolute atomic E-state index is 12.4. The van der Waals surface area contributed by atoms with Crippen LogP contribution in [-0.2, 0) is 11.3 Å². The van der Waals surface area contributed by atoms with E-state index in [9.17, 15) is 4.79 Å². The number of hydrogen-bond donors (Lipinski definition) is 0. The van der Waals surface area contributed by atoms with Crippen molar-refractivity contribution in [3.05, 3.63) is 61.4 Å². The number of ether oxygens (including phenoxy) is 1. The molecule has 4 heterocycles.